The van der Waals surface area contributed by atoms with Gasteiger partial charge in [-0.2, -0.15) is 0 Å². The van der Waals surface area contributed by atoms with Gasteiger partial charge < -0.3 is 67.3 Å². The molecule has 4 saturated heterocycles. The molecule has 0 saturated carbocycles. The minimum Gasteiger partial charge on any atom is -0.492 e. The minimum atomic E-state index is -1.42. The van der Waals surface area contributed by atoms with Crippen LogP contribution in [0, 0.1) is 0 Å². The smallest absolute Gasteiger partial charge is 0.488 e. The van der Waals surface area contributed by atoms with Gasteiger partial charge in [-0.25, -0.2) is 0 Å². The van der Waals surface area contributed by atoms with Gasteiger partial charge in [0.15, 0.2) is 0 Å². The van der Waals surface area contributed by atoms with E-state index < -0.39 is 13.2 Å². The van der Waals surface area contributed by atoms with E-state index in [1.807, 2.05) is 0 Å². The van der Waals surface area contributed by atoms with Crippen molar-refractivity contribution in [3.8, 4) is 62.5 Å². The average Bonchev–Trinajstić information content (AvgIpc) is 0.909. The third-order valence-electron chi connectivity index (χ3n) is 25.6. The van der Waals surface area contributed by atoms with Gasteiger partial charge in [-0.15, -0.1) is 13.2 Å². The molecule has 15 nitrogen and oxygen atoms in total. The average molecular weight is 2110 g/mol. The van der Waals surface area contributed by atoms with Crippen molar-refractivity contribution in [2.75, 3.05) is 84.6 Å². The van der Waals surface area contributed by atoms with E-state index in [0.717, 1.165) is 250 Å². The van der Waals surface area contributed by atoms with Crippen molar-refractivity contribution in [1.29, 1.82) is 0 Å². The molecule has 0 spiro atoms. The second kappa shape index (κ2) is 72.5. The van der Waals surface area contributed by atoms with Crippen molar-refractivity contribution in [1.82, 2.24) is 0 Å². The number of carbonyl (C=O) groups excluding carboxylic acids is 1. The van der Waals surface area contributed by atoms with Crippen molar-refractivity contribution in [3.63, 3.8) is 0 Å². The fraction of sp³-hybridized carbons (Fsp3) is 0.568. The van der Waals surface area contributed by atoms with E-state index in [4.69, 9.17) is 78.9 Å². The van der Waals surface area contributed by atoms with E-state index in [2.05, 4.69) is 210 Å². The Morgan fingerprint density at radius 1 is 0.362 bits per heavy atom. The number of halogens is 4. The first-order valence-electron chi connectivity index (χ1n) is 53.2. The van der Waals surface area contributed by atoms with Gasteiger partial charge in [0.1, 0.15) is 58.6 Å². The number of hydrogen-bond donors (Lipinski definition) is 3. The quantitative estimate of drug-likeness (QED) is 0.00818. The monoisotopic (exact) mass is 2110 g/mol. The fourth-order valence-corrected chi connectivity index (χ4v) is 18.8. The zero-order valence-corrected chi connectivity index (χ0v) is 89.8. The van der Waals surface area contributed by atoms with Crippen molar-refractivity contribution in [3.05, 3.63) is 180 Å². The molecule has 4 aliphatic heterocycles. The third kappa shape index (κ3) is 45.5. The minimum absolute atomic E-state index is 0.110. The molecule has 0 amide bonds. The Morgan fingerprint density at radius 3 is 0.964 bits per heavy atom. The SMILES string of the molecule is C1CCOC1.C=CC(O)C=C.CCCCCCCCCCOc1c2ccc(-c3ccc(OC4CCCOC4)cc3)cc2c(OCCCCCCCCCC)c2ccc(-c3ccc(OC4CCOCC4)cc3)cc12.CCCCCCCCCCOc1c2ccc(Br)cc2c(OCCCCCCCCCC)c2ccc(Br)cc12.O=C(Cl)CCCCCCCBr.OB(O)c1ccc(OC2CCCOC2)cc1. The molecular formula is C118H167BBr3ClO15. The topological polar surface area (TPSA) is 179 Å². The molecule has 9 aromatic rings. The molecule has 4 fully saturated rings. The number of benzene rings is 9. The number of hydrogen-bond acceptors (Lipinski definition) is 15. The van der Waals surface area contributed by atoms with Crippen molar-refractivity contribution in [2.45, 2.75) is 347 Å². The summed E-state index contributed by atoms with van der Waals surface area (Å²) in [6.45, 7) is 25.1. The standard InChI is InChI=1S/C56H74O6.C34H48Br2O2.C11H15BO4.C8H14BrClO.C5H8O.C4H8O/c1-3-5-7-9-11-13-15-17-36-59-55-52-32-26-46(44-23-29-48(30-24-44)62-50-20-19-35-58-42-50)41-54(52)56(60-37-18-16-14-12-10-8-6-4-2)51-31-25-45(40-53(51)55)43-21-27-47(28-22-43)61-49-33-38-57-39-34-49;1-3-5-7-9-11-13-15-17-23-37-33-29-21-19-28(36)26-32(29)34(30-22-20-27(35)25-31(30)33)38-24-18-16-14-12-10-8-6-4-2;13-12(14)9-3-5-10(6-4-9)16-11-2-1-7-15-8-11;9-7-5-3-1-2-4-6-8(10)11;1-3-5(6)4-2;1-2-4-5-3-1/h21-32,40-41,49-50H,3-20,33-39,42H2,1-2H3;19-22,25-26H,3-18,23-24H2,1-2H3;3-6,11,13-14H,1-2,7-8H2;1-7H2;3-6H,1-2H2;1-4H2. The molecule has 4 heterocycles. The van der Waals surface area contributed by atoms with Crippen LogP contribution in [0.1, 0.15) is 323 Å². The molecule has 3 N–H and O–H groups in total. The Kier molecular flexibility index (Phi) is 61.2. The Morgan fingerprint density at radius 2 is 0.659 bits per heavy atom. The second-order valence-electron chi connectivity index (χ2n) is 37.2. The number of fused-ring (bicyclic) bond motifs is 4. The van der Waals surface area contributed by atoms with Gasteiger partial charge in [-0.05, 0) is 213 Å². The molecular weight excluding hydrogens is 1940 g/mol. The van der Waals surface area contributed by atoms with E-state index in [-0.39, 0.29) is 23.6 Å². The molecule has 0 bridgehead atoms. The van der Waals surface area contributed by atoms with Crippen LogP contribution >= 0.6 is 59.4 Å². The highest BCUT2D eigenvalue weighted by Gasteiger charge is 2.24. The predicted octanol–water partition coefficient (Wildman–Crippen LogP) is 33.0. The van der Waals surface area contributed by atoms with Crippen LogP contribution in [0.3, 0.4) is 0 Å². The summed E-state index contributed by atoms with van der Waals surface area (Å²) in [5.74, 6) is 6.39. The molecule has 0 aliphatic carbocycles. The Labute approximate surface area is 860 Å². The lowest BCUT2D eigenvalue weighted by Crippen LogP contribution is -2.30. The van der Waals surface area contributed by atoms with Crippen LogP contribution in [-0.2, 0) is 23.7 Å². The maximum absolute atomic E-state index is 10.3. The normalized spacial score (nSPS) is 14.7. The van der Waals surface area contributed by atoms with Crippen LogP contribution in [0.15, 0.2) is 180 Å². The largest absolute Gasteiger partial charge is 0.492 e. The molecule has 2 unspecified atom stereocenters. The number of alkyl halides is 1. The molecule has 13 rings (SSSR count). The molecule has 2 atom stereocenters. The Balaban J connectivity index is 0.000000256. The number of rotatable bonds is 58. The highest BCUT2D eigenvalue weighted by atomic mass is 79.9. The van der Waals surface area contributed by atoms with E-state index >= 15 is 0 Å². The molecule has 9 aromatic carbocycles. The van der Waals surface area contributed by atoms with Crippen LogP contribution in [0.4, 0.5) is 0 Å². The van der Waals surface area contributed by atoms with E-state index in [9.17, 15) is 4.79 Å². The summed E-state index contributed by atoms with van der Waals surface area (Å²) < 4.78 is 68.9. The molecule has 0 aromatic heterocycles. The highest BCUT2D eigenvalue weighted by Crippen LogP contribution is 2.48. The first-order chi connectivity index (χ1) is 67.7. The summed E-state index contributed by atoms with van der Waals surface area (Å²) in [4.78, 5) is 10.3. The van der Waals surface area contributed by atoms with Gasteiger partial charge >= 0.3 is 7.12 Å². The number of aliphatic hydroxyl groups excluding tert-OH is 1. The number of ether oxygens (including phenoxy) is 11. The first-order valence-corrected chi connectivity index (χ1v) is 56.3. The maximum Gasteiger partial charge on any atom is 0.488 e. The summed E-state index contributed by atoms with van der Waals surface area (Å²) >= 11 is 15.9. The summed E-state index contributed by atoms with van der Waals surface area (Å²) in [6, 6.07) is 50.5. The van der Waals surface area contributed by atoms with Gasteiger partial charge in [0.05, 0.1) is 59.0 Å². The lowest BCUT2D eigenvalue weighted by Gasteiger charge is -2.23. The second-order valence-corrected chi connectivity index (χ2v) is 40.2. The van der Waals surface area contributed by atoms with Crippen molar-refractivity contribution in [2.24, 2.45) is 0 Å². The van der Waals surface area contributed by atoms with E-state index in [1.165, 1.54) is 224 Å². The van der Waals surface area contributed by atoms with Crippen LogP contribution in [0.25, 0.3) is 65.3 Å². The predicted molar refractivity (Wildman–Crippen MR) is 590 cm³/mol. The first kappa shape index (κ1) is 117. The molecule has 138 heavy (non-hydrogen) atoms. The number of carbonyl (C=O) groups is 1. The Hall–Kier alpha value is -6.72. The number of aliphatic hydroxyl groups is 1. The van der Waals surface area contributed by atoms with Gasteiger partial charge in [0.25, 0.3) is 0 Å². The lowest BCUT2D eigenvalue weighted by molar-refractivity contribution is -0.111. The van der Waals surface area contributed by atoms with Crippen molar-refractivity contribution < 1.29 is 72.1 Å². The summed E-state index contributed by atoms with van der Waals surface area (Å²) in [5, 5.41) is 36.1. The molecule has 20 heteroatoms. The van der Waals surface area contributed by atoms with E-state index in [1.54, 1.807) is 24.3 Å². The Bertz CT molecular complexity index is 4490. The molecule has 760 valence electrons. The molecule has 0 radical (unpaired) electrons. The maximum atomic E-state index is 10.3. The lowest BCUT2D eigenvalue weighted by atomic mass is 9.80. The van der Waals surface area contributed by atoms with Crippen LogP contribution in [-0.4, -0.2) is 137 Å². The third-order valence-corrected chi connectivity index (χ3v) is 27.4. The zero-order valence-electron chi connectivity index (χ0n) is 84.3. The van der Waals surface area contributed by atoms with Gasteiger partial charge in [0.2, 0.25) is 5.24 Å². The zero-order chi connectivity index (χ0) is 98.0. The van der Waals surface area contributed by atoms with Crippen LogP contribution in [0.2, 0.25) is 0 Å². The summed E-state index contributed by atoms with van der Waals surface area (Å²) in [5.41, 5.74) is 5.07. The fourth-order valence-electron chi connectivity index (χ4n) is 17.5. The van der Waals surface area contributed by atoms with Gasteiger partial charge in [0, 0.05) is 103 Å². The van der Waals surface area contributed by atoms with Crippen LogP contribution in [0.5, 0.6) is 40.2 Å². The number of unbranched alkanes of at least 4 members (excludes halogenated alkanes) is 32. The van der Waals surface area contributed by atoms with Gasteiger partial charge in [-0.1, -0.05) is 335 Å². The highest BCUT2D eigenvalue weighted by molar-refractivity contribution is 9.10. The molecule has 4 aliphatic rings. The summed E-state index contributed by atoms with van der Waals surface area (Å²) in [6.07, 6.45) is 58.6. The van der Waals surface area contributed by atoms with Crippen molar-refractivity contribution >= 4 is 120 Å². The van der Waals surface area contributed by atoms with E-state index in [0.29, 0.717) is 38.3 Å². The van der Waals surface area contributed by atoms with Crippen LogP contribution < -0.4 is 38.6 Å². The summed E-state index contributed by atoms with van der Waals surface area (Å²) in [7, 11) is -1.42. The van der Waals surface area contributed by atoms with Gasteiger partial charge in [-0.3, -0.25) is 4.79 Å².